The Morgan fingerprint density at radius 3 is 2.75 bits per heavy atom. The van der Waals surface area contributed by atoms with E-state index in [9.17, 15) is 0 Å². The maximum absolute atomic E-state index is 4.20. The second kappa shape index (κ2) is 5.16. The summed E-state index contributed by atoms with van der Waals surface area (Å²) in [6.07, 6.45) is 3.16. The molecule has 1 unspecified atom stereocenters. The first-order valence-corrected chi connectivity index (χ1v) is 4.14. The fourth-order valence-electron chi connectivity index (χ4n) is 0.270. The number of rotatable bonds is 3. The van der Waals surface area contributed by atoms with Crippen LogP contribution in [0.4, 0.5) is 0 Å². The summed E-state index contributed by atoms with van der Waals surface area (Å²) in [6, 6.07) is 0.502. The van der Waals surface area contributed by atoms with E-state index in [2.05, 4.69) is 18.8 Å². The minimum Gasteiger partial charge on any atom is -0.283 e. The van der Waals surface area contributed by atoms with Crippen molar-refractivity contribution in [3.05, 3.63) is 0 Å². The molecule has 0 amide bonds. The number of hydrogen-bond acceptors (Lipinski definition) is 2. The van der Waals surface area contributed by atoms with Crippen LogP contribution in [0, 0.1) is 0 Å². The van der Waals surface area contributed by atoms with Gasteiger partial charge in [0.2, 0.25) is 0 Å². The molecule has 0 aromatic heterocycles. The van der Waals surface area contributed by atoms with E-state index < -0.39 is 0 Å². The Balaban J connectivity index is 3.21. The molecule has 0 aliphatic rings. The van der Waals surface area contributed by atoms with Gasteiger partial charge in [0.25, 0.3) is 0 Å². The van der Waals surface area contributed by atoms with Gasteiger partial charge in [-0.2, -0.15) is 0 Å². The van der Waals surface area contributed by atoms with Crippen LogP contribution in [-0.4, -0.2) is 17.8 Å². The number of aliphatic imine (C=N–C) groups is 1. The topological polar surface area (TPSA) is 12.4 Å². The Kier molecular flexibility index (Phi) is 5.18. The third-order valence-corrected chi connectivity index (χ3v) is 1.34. The molecule has 0 radical (unpaired) electrons. The maximum Gasteiger partial charge on any atom is 0.0541 e. The zero-order valence-electron chi connectivity index (χ0n) is 5.72. The van der Waals surface area contributed by atoms with Crippen molar-refractivity contribution in [3.63, 3.8) is 0 Å². The lowest BCUT2D eigenvalue weighted by Gasteiger charge is -1.96. The van der Waals surface area contributed by atoms with Gasteiger partial charge in [-0.3, -0.25) is 4.99 Å². The van der Waals surface area contributed by atoms with Crippen LogP contribution in [-0.2, 0) is 0 Å². The Morgan fingerprint density at radius 2 is 2.38 bits per heavy atom. The van der Waals surface area contributed by atoms with E-state index in [1.807, 2.05) is 11.8 Å². The Bertz CT molecular complexity index is 70.9. The molecule has 0 N–H and O–H groups in total. The average Bonchev–Trinajstić information content (AvgIpc) is 1.83. The van der Waals surface area contributed by atoms with Crippen LogP contribution in [0.25, 0.3) is 0 Å². The first-order valence-electron chi connectivity index (χ1n) is 2.85. The van der Waals surface area contributed by atoms with E-state index in [0.29, 0.717) is 6.04 Å². The van der Waals surface area contributed by atoms with E-state index in [1.54, 1.807) is 11.8 Å². The average molecular weight is 131 g/mol. The van der Waals surface area contributed by atoms with Crippen molar-refractivity contribution in [3.8, 4) is 0 Å². The SMILES string of the molecule is CCC(C)/N=C\SC. The Morgan fingerprint density at radius 1 is 1.75 bits per heavy atom. The second-order valence-electron chi connectivity index (χ2n) is 1.75. The molecule has 1 nitrogen and oxygen atoms in total. The smallest absolute Gasteiger partial charge is 0.0541 e. The van der Waals surface area contributed by atoms with Gasteiger partial charge in [0, 0.05) is 6.04 Å². The van der Waals surface area contributed by atoms with E-state index in [0.717, 1.165) is 6.42 Å². The van der Waals surface area contributed by atoms with Crippen LogP contribution in [0.2, 0.25) is 0 Å². The van der Waals surface area contributed by atoms with Gasteiger partial charge in [0.05, 0.1) is 5.55 Å². The van der Waals surface area contributed by atoms with Crippen molar-refractivity contribution < 1.29 is 0 Å². The minimum absolute atomic E-state index is 0.502. The second-order valence-corrected chi connectivity index (χ2v) is 2.43. The fourth-order valence-corrected chi connectivity index (χ4v) is 0.600. The highest BCUT2D eigenvalue weighted by molar-refractivity contribution is 8.11. The van der Waals surface area contributed by atoms with E-state index in [1.165, 1.54) is 0 Å². The van der Waals surface area contributed by atoms with E-state index in [-0.39, 0.29) is 0 Å². The highest BCUT2D eigenvalue weighted by atomic mass is 32.2. The van der Waals surface area contributed by atoms with Crippen molar-refractivity contribution in [2.75, 3.05) is 6.26 Å². The third kappa shape index (κ3) is 4.19. The molecule has 0 saturated heterocycles. The Labute approximate surface area is 55.6 Å². The highest BCUT2D eigenvalue weighted by Crippen LogP contribution is 1.95. The first kappa shape index (κ1) is 8.02. The van der Waals surface area contributed by atoms with E-state index in [4.69, 9.17) is 0 Å². The van der Waals surface area contributed by atoms with Gasteiger partial charge in [-0.15, -0.1) is 11.8 Å². The third-order valence-electron chi connectivity index (χ3n) is 1.01. The number of nitrogens with zero attached hydrogens (tertiary/aromatic N) is 1. The van der Waals surface area contributed by atoms with Gasteiger partial charge < -0.3 is 0 Å². The van der Waals surface area contributed by atoms with Crippen molar-refractivity contribution in [1.82, 2.24) is 0 Å². The molecule has 0 bridgehead atoms. The van der Waals surface area contributed by atoms with E-state index >= 15 is 0 Å². The molecular formula is C6H13NS. The van der Waals surface area contributed by atoms with Crippen molar-refractivity contribution in [2.24, 2.45) is 4.99 Å². The zero-order valence-corrected chi connectivity index (χ0v) is 6.53. The standard InChI is InChI=1S/C6H13NS/c1-4-6(2)7-5-8-3/h5-6H,4H2,1-3H3/b7-5-. The number of hydrogen-bond donors (Lipinski definition) is 0. The molecule has 0 fully saturated rings. The van der Waals surface area contributed by atoms with Crippen molar-refractivity contribution in [2.45, 2.75) is 26.3 Å². The van der Waals surface area contributed by atoms with Gasteiger partial charge in [-0.25, -0.2) is 0 Å². The highest BCUT2D eigenvalue weighted by Gasteiger charge is 1.88. The van der Waals surface area contributed by atoms with Crippen LogP contribution >= 0.6 is 11.8 Å². The molecule has 0 aliphatic heterocycles. The predicted molar refractivity (Wildman–Crippen MR) is 41.8 cm³/mol. The molecule has 2 heteroatoms. The van der Waals surface area contributed by atoms with Gasteiger partial charge in [-0.05, 0) is 19.6 Å². The van der Waals surface area contributed by atoms with Crippen molar-refractivity contribution >= 4 is 17.3 Å². The van der Waals surface area contributed by atoms with Crippen LogP contribution in [0.3, 0.4) is 0 Å². The first-order chi connectivity index (χ1) is 3.81. The van der Waals surface area contributed by atoms with Gasteiger partial charge in [-0.1, -0.05) is 6.92 Å². The lowest BCUT2D eigenvalue weighted by Crippen LogP contribution is -1.92. The summed E-state index contributed by atoms with van der Waals surface area (Å²) in [5, 5.41) is 0. The monoisotopic (exact) mass is 131 g/mol. The summed E-state index contributed by atoms with van der Waals surface area (Å²) in [5.41, 5.74) is 1.90. The summed E-state index contributed by atoms with van der Waals surface area (Å²) in [6.45, 7) is 4.26. The minimum atomic E-state index is 0.502. The summed E-state index contributed by atoms with van der Waals surface area (Å²) in [7, 11) is 0. The fraction of sp³-hybridized carbons (Fsp3) is 0.833. The summed E-state index contributed by atoms with van der Waals surface area (Å²) in [4.78, 5) is 4.20. The molecular weight excluding hydrogens is 118 g/mol. The summed E-state index contributed by atoms with van der Waals surface area (Å²) >= 11 is 1.65. The molecule has 8 heavy (non-hydrogen) atoms. The summed E-state index contributed by atoms with van der Waals surface area (Å²) in [5.74, 6) is 0. The lowest BCUT2D eigenvalue weighted by molar-refractivity contribution is 0.722. The van der Waals surface area contributed by atoms with Crippen LogP contribution in [0.5, 0.6) is 0 Å². The molecule has 0 saturated carbocycles. The molecule has 0 aromatic carbocycles. The largest absolute Gasteiger partial charge is 0.283 e. The zero-order chi connectivity index (χ0) is 6.41. The summed E-state index contributed by atoms with van der Waals surface area (Å²) < 4.78 is 0. The molecule has 48 valence electrons. The molecule has 0 spiro atoms. The maximum atomic E-state index is 4.20. The van der Waals surface area contributed by atoms with Crippen LogP contribution < -0.4 is 0 Å². The Hall–Kier alpha value is 0.0200. The van der Waals surface area contributed by atoms with Gasteiger partial charge in [0.15, 0.2) is 0 Å². The molecule has 1 atom stereocenters. The number of thioether (sulfide) groups is 1. The molecule has 0 heterocycles. The van der Waals surface area contributed by atoms with Gasteiger partial charge in [0.1, 0.15) is 0 Å². The van der Waals surface area contributed by atoms with Crippen LogP contribution in [0.1, 0.15) is 20.3 Å². The molecule has 0 aromatic rings. The predicted octanol–water partition coefficient (Wildman–Crippen LogP) is 2.18. The lowest BCUT2D eigenvalue weighted by atomic mass is 10.3. The van der Waals surface area contributed by atoms with Crippen LogP contribution in [0.15, 0.2) is 4.99 Å². The van der Waals surface area contributed by atoms with Crippen molar-refractivity contribution in [1.29, 1.82) is 0 Å². The normalized spacial score (nSPS) is 14.9. The van der Waals surface area contributed by atoms with Gasteiger partial charge >= 0.3 is 0 Å². The quantitative estimate of drug-likeness (QED) is 0.422. The molecule has 0 rings (SSSR count). The molecule has 0 aliphatic carbocycles.